The van der Waals surface area contributed by atoms with Gasteiger partial charge in [-0.2, -0.15) is 0 Å². The Morgan fingerprint density at radius 2 is 1.13 bits per heavy atom. The van der Waals surface area contributed by atoms with Crippen LogP contribution in [0.1, 0.15) is 92.4 Å². The molecule has 0 bridgehead atoms. The molecule has 0 heterocycles. The van der Waals surface area contributed by atoms with Crippen molar-refractivity contribution < 1.29 is 19.1 Å². The second kappa shape index (κ2) is 13.4. The number of ether oxygens (including phenoxy) is 2. The van der Waals surface area contributed by atoms with Gasteiger partial charge in [0.05, 0.1) is 0 Å². The summed E-state index contributed by atoms with van der Waals surface area (Å²) in [5, 5.41) is 0. The van der Waals surface area contributed by atoms with Crippen LogP contribution in [0.4, 0.5) is 0 Å². The lowest BCUT2D eigenvalue weighted by molar-refractivity contribution is -0.188. The minimum Gasteiger partial charge on any atom is -0.425 e. The van der Waals surface area contributed by atoms with Crippen molar-refractivity contribution in [1.82, 2.24) is 0 Å². The van der Waals surface area contributed by atoms with Gasteiger partial charge >= 0.3 is 11.9 Å². The molecule has 0 atom stereocenters. The van der Waals surface area contributed by atoms with Crippen molar-refractivity contribution in [2.75, 3.05) is 0 Å². The van der Waals surface area contributed by atoms with Gasteiger partial charge in [-0.25, -0.2) is 0 Å². The Morgan fingerprint density at radius 3 is 1.43 bits per heavy atom. The van der Waals surface area contributed by atoms with Crippen molar-refractivity contribution in [3.63, 3.8) is 0 Å². The van der Waals surface area contributed by atoms with Crippen LogP contribution in [0, 0.1) is 11.8 Å². The predicted octanol–water partition coefficient (Wildman–Crippen LogP) is 5.24. The van der Waals surface area contributed by atoms with E-state index in [-0.39, 0.29) is 11.9 Å². The molecule has 0 saturated heterocycles. The van der Waals surface area contributed by atoms with Crippen molar-refractivity contribution >= 4 is 11.9 Å². The lowest BCUT2D eigenvalue weighted by Crippen LogP contribution is -2.24. The standard InChI is InChI=1S/C19H36O4/c1-6-19(22-17(20)13-9-7-11-15(2)3)23-18(21)14-10-8-12-16(4)5/h15-16,19H,6-14H2,1-5H3. The van der Waals surface area contributed by atoms with E-state index in [2.05, 4.69) is 27.7 Å². The summed E-state index contributed by atoms with van der Waals surface area (Å²) in [6, 6.07) is 0. The van der Waals surface area contributed by atoms with E-state index in [1.165, 1.54) is 0 Å². The van der Waals surface area contributed by atoms with E-state index in [4.69, 9.17) is 9.47 Å². The maximum Gasteiger partial charge on any atom is 0.308 e. The molecule has 0 aliphatic heterocycles. The van der Waals surface area contributed by atoms with Gasteiger partial charge in [0, 0.05) is 19.3 Å². The number of hydrogen-bond acceptors (Lipinski definition) is 4. The van der Waals surface area contributed by atoms with Gasteiger partial charge in [-0.3, -0.25) is 9.59 Å². The fourth-order valence-corrected chi connectivity index (χ4v) is 2.25. The predicted molar refractivity (Wildman–Crippen MR) is 92.9 cm³/mol. The van der Waals surface area contributed by atoms with Gasteiger partial charge in [-0.1, -0.05) is 60.3 Å². The summed E-state index contributed by atoms with van der Waals surface area (Å²) in [6.45, 7) is 10.5. The zero-order valence-corrected chi connectivity index (χ0v) is 15.7. The smallest absolute Gasteiger partial charge is 0.308 e. The number of unbranched alkanes of at least 4 members (excludes halogenated alkanes) is 2. The lowest BCUT2D eigenvalue weighted by atomic mass is 10.1. The molecule has 0 amide bonds. The molecule has 0 aromatic carbocycles. The number of carbonyl (C=O) groups is 2. The van der Waals surface area contributed by atoms with E-state index in [1.807, 2.05) is 6.92 Å². The van der Waals surface area contributed by atoms with Gasteiger partial charge < -0.3 is 9.47 Å². The first-order valence-electron chi connectivity index (χ1n) is 9.24. The van der Waals surface area contributed by atoms with Gasteiger partial charge in [-0.05, 0) is 24.7 Å². The fraction of sp³-hybridized carbons (Fsp3) is 0.895. The first-order valence-corrected chi connectivity index (χ1v) is 9.24. The maximum absolute atomic E-state index is 11.8. The third kappa shape index (κ3) is 14.3. The highest BCUT2D eigenvalue weighted by Gasteiger charge is 2.16. The second-order valence-electron chi connectivity index (χ2n) is 7.10. The van der Waals surface area contributed by atoms with Crippen LogP contribution in [0.15, 0.2) is 0 Å². The molecule has 23 heavy (non-hydrogen) atoms. The van der Waals surface area contributed by atoms with Crippen molar-refractivity contribution in [2.24, 2.45) is 11.8 Å². The van der Waals surface area contributed by atoms with Crippen molar-refractivity contribution in [1.29, 1.82) is 0 Å². The molecule has 0 rings (SSSR count). The highest BCUT2D eigenvalue weighted by Crippen LogP contribution is 2.12. The van der Waals surface area contributed by atoms with E-state index in [1.54, 1.807) is 0 Å². The van der Waals surface area contributed by atoms with Crippen LogP contribution in [0.25, 0.3) is 0 Å². The minimum atomic E-state index is -0.731. The van der Waals surface area contributed by atoms with Crippen LogP contribution < -0.4 is 0 Å². The first-order chi connectivity index (χ1) is 10.8. The van der Waals surface area contributed by atoms with Crippen molar-refractivity contribution in [2.45, 2.75) is 98.7 Å². The van der Waals surface area contributed by atoms with Crippen LogP contribution in [-0.2, 0) is 19.1 Å². The minimum absolute atomic E-state index is 0.270. The van der Waals surface area contributed by atoms with E-state index >= 15 is 0 Å². The summed E-state index contributed by atoms with van der Waals surface area (Å²) in [5.74, 6) is 0.776. The monoisotopic (exact) mass is 328 g/mol. The highest BCUT2D eigenvalue weighted by atomic mass is 16.7. The van der Waals surface area contributed by atoms with Crippen LogP contribution in [0.2, 0.25) is 0 Å². The van der Waals surface area contributed by atoms with Crippen molar-refractivity contribution in [3.8, 4) is 0 Å². The molecule has 136 valence electrons. The average molecular weight is 328 g/mol. The lowest BCUT2D eigenvalue weighted by Gasteiger charge is -2.17. The zero-order chi connectivity index (χ0) is 17.7. The molecule has 0 unspecified atom stereocenters. The summed E-state index contributed by atoms with van der Waals surface area (Å²) in [4.78, 5) is 23.5. The largest absolute Gasteiger partial charge is 0.425 e. The second-order valence-corrected chi connectivity index (χ2v) is 7.10. The highest BCUT2D eigenvalue weighted by molar-refractivity contribution is 5.71. The Morgan fingerprint density at radius 1 is 0.739 bits per heavy atom. The first kappa shape index (κ1) is 21.9. The Balaban J connectivity index is 3.86. The summed E-state index contributed by atoms with van der Waals surface area (Å²) in [5.41, 5.74) is 0. The van der Waals surface area contributed by atoms with Gasteiger partial charge in [0.2, 0.25) is 6.29 Å². The molecule has 0 aromatic heterocycles. The van der Waals surface area contributed by atoms with E-state index in [0.717, 1.165) is 38.5 Å². The molecule has 0 aliphatic rings. The van der Waals surface area contributed by atoms with Gasteiger partial charge in [0.15, 0.2) is 0 Å². The van der Waals surface area contributed by atoms with Crippen LogP contribution >= 0.6 is 0 Å². The molecule has 0 saturated carbocycles. The van der Waals surface area contributed by atoms with E-state index < -0.39 is 6.29 Å². The number of rotatable bonds is 13. The number of hydrogen-bond donors (Lipinski definition) is 0. The molecule has 0 aromatic rings. The van der Waals surface area contributed by atoms with E-state index in [9.17, 15) is 9.59 Å². The summed E-state index contributed by atoms with van der Waals surface area (Å²) >= 11 is 0. The van der Waals surface area contributed by atoms with Crippen LogP contribution in [0.5, 0.6) is 0 Å². The topological polar surface area (TPSA) is 52.6 Å². The molecule has 0 fully saturated rings. The molecule has 4 heteroatoms. The Hall–Kier alpha value is -1.06. The van der Waals surface area contributed by atoms with Gasteiger partial charge in [-0.15, -0.1) is 0 Å². The normalized spacial score (nSPS) is 11.3. The van der Waals surface area contributed by atoms with Gasteiger partial charge in [0.25, 0.3) is 0 Å². The van der Waals surface area contributed by atoms with Crippen LogP contribution in [-0.4, -0.2) is 18.2 Å². The molecule has 0 aliphatic carbocycles. The maximum atomic E-state index is 11.8. The average Bonchev–Trinajstić information content (AvgIpc) is 2.47. The molecule has 0 spiro atoms. The summed E-state index contributed by atoms with van der Waals surface area (Å²) in [7, 11) is 0. The third-order valence-corrected chi connectivity index (χ3v) is 3.68. The Kier molecular flexibility index (Phi) is 12.8. The number of carbonyl (C=O) groups excluding carboxylic acids is 2. The Labute approximate surface area is 142 Å². The number of esters is 2. The van der Waals surface area contributed by atoms with Crippen molar-refractivity contribution in [3.05, 3.63) is 0 Å². The summed E-state index contributed by atoms with van der Waals surface area (Å²) < 4.78 is 10.5. The quantitative estimate of drug-likeness (QED) is 0.263. The third-order valence-electron chi connectivity index (χ3n) is 3.68. The SMILES string of the molecule is CCC(OC(=O)CCCCC(C)C)OC(=O)CCCCC(C)C. The molecular formula is C19H36O4. The molecule has 0 radical (unpaired) electrons. The zero-order valence-electron chi connectivity index (χ0n) is 15.7. The Bertz CT molecular complexity index is 293. The fourth-order valence-electron chi connectivity index (χ4n) is 2.25. The van der Waals surface area contributed by atoms with Gasteiger partial charge in [0.1, 0.15) is 0 Å². The summed E-state index contributed by atoms with van der Waals surface area (Å²) in [6.07, 6.45) is 6.52. The molecule has 0 N–H and O–H groups in total. The molecule has 4 nitrogen and oxygen atoms in total. The van der Waals surface area contributed by atoms with E-state index in [0.29, 0.717) is 31.1 Å². The molecular weight excluding hydrogens is 292 g/mol. The van der Waals surface area contributed by atoms with Crippen LogP contribution in [0.3, 0.4) is 0 Å².